The quantitative estimate of drug-likeness (QED) is 0.611. The van der Waals surface area contributed by atoms with Crippen LogP contribution in [0.3, 0.4) is 0 Å². The van der Waals surface area contributed by atoms with Crippen molar-refractivity contribution in [2.24, 2.45) is 5.41 Å². The first-order chi connectivity index (χ1) is 15.7. The maximum absolute atomic E-state index is 6.01. The number of rotatable bonds is 7. The number of nitrogens with zero attached hydrogens (tertiary/aromatic N) is 4. The van der Waals surface area contributed by atoms with E-state index in [4.69, 9.17) is 9.47 Å². The van der Waals surface area contributed by atoms with E-state index < -0.39 is 0 Å². The van der Waals surface area contributed by atoms with Gasteiger partial charge in [-0.15, -0.1) is 0 Å². The molecule has 1 aliphatic carbocycles. The summed E-state index contributed by atoms with van der Waals surface area (Å²) in [6.07, 6.45) is 10.3. The Hall–Kier alpha value is -2.18. The van der Waals surface area contributed by atoms with Gasteiger partial charge in [0.15, 0.2) is 0 Å². The van der Waals surface area contributed by atoms with E-state index in [1.165, 1.54) is 50.8 Å². The number of para-hydroxylation sites is 1. The largest absolute Gasteiger partial charge is 0.491 e. The van der Waals surface area contributed by atoms with Gasteiger partial charge in [0.25, 0.3) is 0 Å². The highest BCUT2D eigenvalue weighted by Crippen LogP contribution is 2.48. The summed E-state index contributed by atoms with van der Waals surface area (Å²) in [6, 6.07) is 9.33. The molecule has 0 radical (unpaired) electrons. The molecule has 2 aliphatic heterocycles. The van der Waals surface area contributed by atoms with Crippen molar-refractivity contribution in [2.75, 3.05) is 51.4 Å². The Morgan fingerprint density at radius 2 is 1.84 bits per heavy atom. The summed E-state index contributed by atoms with van der Waals surface area (Å²) in [5.74, 6) is 2.67. The second-order valence-corrected chi connectivity index (χ2v) is 9.96. The lowest BCUT2D eigenvalue weighted by Crippen LogP contribution is -2.56. The fourth-order valence-electron chi connectivity index (χ4n) is 6.01. The van der Waals surface area contributed by atoms with E-state index in [1.807, 2.05) is 19.3 Å². The van der Waals surface area contributed by atoms with Gasteiger partial charge in [0.2, 0.25) is 0 Å². The number of hydrogen-bond donors (Lipinski definition) is 0. The average molecular weight is 437 g/mol. The van der Waals surface area contributed by atoms with Gasteiger partial charge in [-0.1, -0.05) is 18.2 Å². The third kappa shape index (κ3) is 4.48. The van der Waals surface area contributed by atoms with E-state index in [9.17, 15) is 0 Å². The van der Waals surface area contributed by atoms with Gasteiger partial charge in [-0.3, -0.25) is 4.98 Å². The number of benzene rings is 1. The lowest BCUT2D eigenvalue weighted by Gasteiger charge is -2.49. The summed E-state index contributed by atoms with van der Waals surface area (Å²) in [5.41, 5.74) is 2.85. The molecule has 3 heterocycles. The lowest BCUT2D eigenvalue weighted by atomic mass is 9.78. The van der Waals surface area contributed by atoms with Gasteiger partial charge < -0.3 is 19.3 Å². The fourth-order valence-corrected chi connectivity index (χ4v) is 6.01. The molecule has 172 valence electrons. The van der Waals surface area contributed by atoms with E-state index in [-0.39, 0.29) is 0 Å². The van der Waals surface area contributed by atoms with E-state index >= 15 is 0 Å². The lowest BCUT2D eigenvalue weighted by molar-refractivity contribution is 0.129. The van der Waals surface area contributed by atoms with Crippen molar-refractivity contribution in [1.29, 1.82) is 0 Å². The van der Waals surface area contributed by atoms with Crippen LogP contribution in [0, 0.1) is 12.3 Å². The molecule has 0 amide bonds. The van der Waals surface area contributed by atoms with E-state index in [2.05, 4.69) is 44.0 Å². The molecule has 1 atom stereocenters. The van der Waals surface area contributed by atoms with Gasteiger partial charge in [-0.2, -0.15) is 0 Å². The van der Waals surface area contributed by atoms with Crippen molar-refractivity contribution in [3.8, 4) is 5.75 Å². The van der Waals surface area contributed by atoms with Crippen molar-refractivity contribution in [3.05, 3.63) is 47.9 Å². The van der Waals surface area contributed by atoms with Crippen molar-refractivity contribution < 1.29 is 9.47 Å². The first-order valence-corrected chi connectivity index (χ1v) is 12.1. The van der Waals surface area contributed by atoms with Gasteiger partial charge in [-0.25, -0.2) is 4.98 Å². The molecule has 0 bridgehead atoms. The summed E-state index contributed by atoms with van der Waals surface area (Å²) < 4.78 is 11.2. The molecule has 2 saturated heterocycles. The first-order valence-electron chi connectivity index (χ1n) is 12.1. The van der Waals surface area contributed by atoms with Crippen LogP contribution < -0.4 is 9.64 Å². The Morgan fingerprint density at radius 3 is 2.59 bits per heavy atom. The Labute approximate surface area is 191 Å². The van der Waals surface area contributed by atoms with Crippen LogP contribution in [-0.4, -0.2) is 67.4 Å². The Balaban J connectivity index is 1.13. The third-order valence-electron chi connectivity index (χ3n) is 7.77. The van der Waals surface area contributed by atoms with Crippen molar-refractivity contribution in [3.63, 3.8) is 0 Å². The molecule has 1 unspecified atom stereocenters. The monoisotopic (exact) mass is 436 g/mol. The van der Waals surface area contributed by atoms with Crippen LogP contribution in [0.1, 0.15) is 49.3 Å². The number of ether oxygens (including phenoxy) is 2. The number of hydrogen-bond acceptors (Lipinski definition) is 6. The number of likely N-dealkylation sites (tertiary alicyclic amines) is 1. The van der Waals surface area contributed by atoms with E-state index in [1.54, 1.807) is 7.11 Å². The Kier molecular flexibility index (Phi) is 6.33. The minimum Gasteiger partial charge on any atom is -0.491 e. The number of aromatic nitrogens is 2. The third-order valence-corrected chi connectivity index (χ3v) is 7.77. The Morgan fingerprint density at radius 1 is 1.03 bits per heavy atom. The molecular weight excluding hydrogens is 400 g/mol. The van der Waals surface area contributed by atoms with Crippen LogP contribution in [0.5, 0.6) is 5.75 Å². The molecule has 32 heavy (non-hydrogen) atoms. The number of anilines is 1. The second kappa shape index (κ2) is 9.36. The van der Waals surface area contributed by atoms with Crippen LogP contribution in [0.2, 0.25) is 0 Å². The zero-order valence-electron chi connectivity index (χ0n) is 19.5. The molecule has 0 N–H and O–H groups in total. The number of aryl methyl sites for hydroxylation is 1. The Bertz CT molecular complexity index is 889. The standard InChI is InChI=1S/C26H36N4O2/c1-20-16-28-25(17-27-20)30-18-26(19-30)10-7-22(15-26)29-11-8-21(9-12-29)23-5-3-4-6-24(23)32-14-13-31-2/h3-6,16-17,21-22H,7-15,18-19H2,1-2H3. The molecule has 2 aromatic rings. The van der Waals surface area contributed by atoms with E-state index in [0.717, 1.165) is 36.4 Å². The molecule has 3 fully saturated rings. The maximum Gasteiger partial charge on any atom is 0.147 e. The fraction of sp³-hybridized carbons (Fsp3) is 0.615. The van der Waals surface area contributed by atoms with Gasteiger partial charge in [0, 0.05) is 31.7 Å². The molecule has 6 heteroatoms. The molecule has 3 aliphatic rings. The van der Waals surface area contributed by atoms with Gasteiger partial charge in [0.05, 0.1) is 24.7 Å². The van der Waals surface area contributed by atoms with E-state index in [0.29, 0.717) is 24.5 Å². The van der Waals surface area contributed by atoms with Crippen LogP contribution in [0.15, 0.2) is 36.7 Å². The molecule has 1 aromatic heterocycles. The smallest absolute Gasteiger partial charge is 0.147 e. The highest BCUT2D eigenvalue weighted by Gasteiger charge is 2.49. The van der Waals surface area contributed by atoms with Crippen LogP contribution in [0.25, 0.3) is 0 Å². The predicted molar refractivity (Wildman–Crippen MR) is 126 cm³/mol. The molecule has 6 nitrogen and oxygen atoms in total. The van der Waals surface area contributed by atoms with Crippen molar-refractivity contribution in [1.82, 2.24) is 14.9 Å². The summed E-state index contributed by atoms with van der Waals surface area (Å²) >= 11 is 0. The minimum absolute atomic E-state index is 0.496. The average Bonchev–Trinajstić information content (AvgIpc) is 3.26. The SMILES string of the molecule is COCCOc1ccccc1C1CCN(C2CCC3(C2)CN(c2cnc(C)cn2)C3)CC1. The minimum atomic E-state index is 0.496. The van der Waals surface area contributed by atoms with Gasteiger partial charge in [-0.05, 0) is 69.7 Å². The summed E-state index contributed by atoms with van der Waals surface area (Å²) in [5, 5.41) is 0. The highest BCUT2D eigenvalue weighted by molar-refractivity contribution is 5.42. The molecule has 1 saturated carbocycles. The number of piperidine rings is 1. The summed E-state index contributed by atoms with van der Waals surface area (Å²) in [6.45, 7) is 7.92. The molecular formula is C26H36N4O2. The van der Waals surface area contributed by atoms with Crippen molar-refractivity contribution in [2.45, 2.75) is 51.0 Å². The molecule has 5 rings (SSSR count). The molecule has 1 aromatic carbocycles. The first kappa shape index (κ1) is 21.7. The summed E-state index contributed by atoms with van der Waals surface area (Å²) in [7, 11) is 1.72. The van der Waals surface area contributed by atoms with Gasteiger partial charge >= 0.3 is 0 Å². The predicted octanol–water partition coefficient (Wildman–Crippen LogP) is 4.05. The normalized spacial score (nSPS) is 23.4. The zero-order chi connectivity index (χ0) is 22.0. The van der Waals surface area contributed by atoms with Crippen LogP contribution in [-0.2, 0) is 4.74 Å². The zero-order valence-corrected chi connectivity index (χ0v) is 19.5. The topological polar surface area (TPSA) is 50.7 Å². The number of methoxy groups -OCH3 is 1. The molecule has 1 spiro atoms. The maximum atomic E-state index is 6.01. The second-order valence-electron chi connectivity index (χ2n) is 9.96. The summed E-state index contributed by atoms with van der Waals surface area (Å²) in [4.78, 5) is 14.2. The highest BCUT2D eigenvalue weighted by atomic mass is 16.5. The van der Waals surface area contributed by atoms with Crippen molar-refractivity contribution >= 4 is 5.82 Å². The van der Waals surface area contributed by atoms with Crippen LogP contribution in [0.4, 0.5) is 5.82 Å². The van der Waals surface area contributed by atoms with Crippen LogP contribution >= 0.6 is 0 Å². The van der Waals surface area contributed by atoms with Gasteiger partial charge in [0.1, 0.15) is 18.2 Å².